The summed E-state index contributed by atoms with van der Waals surface area (Å²) < 4.78 is 28.2. The molecule has 23 heavy (non-hydrogen) atoms. The zero-order valence-electron chi connectivity index (χ0n) is 13.1. The Balaban J connectivity index is 2.03. The van der Waals surface area contributed by atoms with Gasteiger partial charge < -0.3 is 15.4 Å². The SMILES string of the molecule is COc1ccc(CCN=C(N)N2CCSCC2)cc1S(N)(=O)=O. The average Bonchev–Trinajstić information content (AvgIpc) is 2.54. The van der Waals surface area contributed by atoms with E-state index in [1.807, 2.05) is 11.8 Å². The number of rotatable bonds is 5. The second-order valence-corrected chi connectivity index (χ2v) is 7.87. The molecule has 0 atom stereocenters. The lowest BCUT2D eigenvalue weighted by Crippen LogP contribution is -2.42. The molecule has 0 spiro atoms. The third-order valence-corrected chi connectivity index (χ3v) is 5.42. The molecule has 1 aromatic rings. The molecule has 0 saturated carbocycles. The summed E-state index contributed by atoms with van der Waals surface area (Å²) in [6.45, 7) is 2.32. The van der Waals surface area contributed by atoms with Crippen molar-refractivity contribution in [2.45, 2.75) is 11.3 Å². The first kappa shape index (κ1) is 17.9. The predicted molar refractivity (Wildman–Crippen MR) is 93.5 cm³/mol. The van der Waals surface area contributed by atoms with Gasteiger partial charge in [0, 0.05) is 31.1 Å². The topological polar surface area (TPSA) is 111 Å². The molecule has 0 radical (unpaired) electrons. The molecule has 4 N–H and O–H groups in total. The summed E-state index contributed by atoms with van der Waals surface area (Å²) in [7, 11) is -2.41. The molecule has 0 amide bonds. The van der Waals surface area contributed by atoms with E-state index in [1.165, 1.54) is 13.2 Å². The fraction of sp³-hybridized carbons (Fsp3) is 0.500. The quantitative estimate of drug-likeness (QED) is 0.576. The Hall–Kier alpha value is -1.45. The summed E-state index contributed by atoms with van der Waals surface area (Å²) in [6.07, 6.45) is 0.579. The van der Waals surface area contributed by atoms with E-state index in [0.29, 0.717) is 18.9 Å². The molecule has 0 unspecified atom stereocenters. The molecule has 1 aliphatic heterocycles. The number of methoxy groups -OCH3 is 1. The summed E-state index contributed by atoms with van der Waals surface area (Å²) in [5.41, 5.74) is 6.81. The molecular formula is C14H22N4O3S2. The van der Waals surface area contributed by atoms with Crippen molar-refractivity contribution in [1.82, 2.24) is 4.90 Å². The van der Waals surface area contributed by atoms with Gasteiger partial charge in [0.15, 0.2) is 5.96 Å². The normalized spacial score (nSPS) is 16.4. The highest BCUT2D eigenvalue weighted by atomic mass is 32.2. The lowest BCUT2D eigenvalue weighted by atomic mass is 10.1. The maximum absolute atomic E-state index is 11.6. The molecule has 1 aromatic carbocycles. The van der Waals surface area contributed by atoms with Crippen molar-refractivity contribution in [3.05, 3.63) is 23.8 Å². The van der Waals surface area contributed by atoms with Crippen molar-refractivity contribution in [2.24, 2.45) is 15.9 Å². The fourth-order valence-corrected chi connectivity index (χ4v) is 3.94. The highest BCUT2D eigenvalue weighted by Gasteiger charge is 2.15. The third-order valence-electron chi connectivity index (χ3n) is 3.54. The molecule has 0 bridgehead atoms. The molecule has 1 saturated heterocycles. The van der Waals surface area contributed by atoms with Gasteiger partial charge in [-0.05, 0) is 24.1 Å². The number of nitrogens with two attached hydrogens (primary N) is 2. The first-order valence-corrected chi connectivity index (χ1v) is 9.94. The van der Waals surface area contributed by atoms with Crippen LogP contribution in [0.3, 0.4) is 0 Å². The maximum atomic E-state index is 11.6. The second kappa shape index (κ2) is 7.89. The number of thioether (sulfide) groups is 1. The Kier molecular flexibility index (Phi) is 6.14. The van der Waals surface area contributed by atoms with E-state index < -0.39 is 10.0 Å². The average molecular weight is 358 g/mol. The van der Waals surface area contributed by atoms with Crippen LogP contribution >= 0.6 is 11.8 Å². The number of aliphatic imine (C=N–C) groups is 1. The largest absolute Gasteiger partial charge is 0.495 e. The molecule has 1 heterocycles. The van der Waals surface area contributed by atoms with Gasteiger partial charge in [-0.2, -0.15) is 11.8 Å². The van der Waals surface area contributed by atoms with Crippen LogP contribution in [0.1, 0.15) is 5.56 Å². The highest BCUT2D eigenvalue weighted by Crippen LogP contribution is 2.23. The van der Waals surface area contributed by atoms with Gasteiger partial charge in [0.25, 0.3) is 0 Å². The van der Waals surface area contributed by atoms with Gasteiger partial charge in [0.05, 0.1) is 7.11 Å². The molecule has 1 aliphatic rings. The van der Waals surface area contributed by atoms with Crippen molar-refractivity contribution in [3.8, 4) is 5.75 Å². The Morgan fingerprint density at radius 2 is 2.09 bits per heavy atom. The van der Waals surface area contributed by atoms with E-state index in [1.54, 1.807) is 12.1 Å². The van der Waals surface area contributed by atoms with Gasteiger partial charge in [-0.25, -0.2) is 13.6 Å². The van der Waals surface area contributed by atoms with Crippen LogP contribution in [0.25, 0.3) is 0 Å². The first-order chi connectivity index (χ1) is 10.9. The minimum absolute atomic E-state index is 0.0116. The number of hydrogen-bond donors (Lipinski definition) is 2. The van der Waals surface area contributed by atoms with Crippen molar-refractivity contribution in [3.63, 3.8) is 0 Å². The number of guanidine groups is 1. The van der Waals surface area contributed by atoms with Crippen LogP contribution in [0, 0.1) is 0 Å². The van der Waals surface area contributed by atoms with Gasteiger partial charge in [-0.1, -0.05) is 6.07 Å². The molecule has 9 heteroatoms. The summed E-state index contributed by atoms with van der Waals surface area (Å²) >= 11 is 1.91. The second-order valence-electron chi connectivity index (χ2n) is 5.12. The maximum Gasteiger partial charge on any atom is 0.241 e. The molecule has 0 aliphatic carbocycles. The van der Waals surface area contributed by atoms with Crippen LogP contribution in [0.5, 0.6) is 5.75 Å². The lowest BCUT2D eigenvalue weighted by Gasteiger charge is -2.27. The van der Waals surface area contributed by atoms with Crippen LogP contribution in [0.15, 0.2) is 28.1 Å². The van der Waals surface area contributed by atoms with Crippen LogP contribution in [0.4, 0.5) is 0 Å². The predicted octanol–water partition coefficient (Wildman–Crippen LogP) is 0.249. The van der Waals surface area contributed by atoms with Crippen molar-refractivity contribution in [1.29, 1.82) is 0 Å². The standard InChI is InChI=1S/C14H22N4O3S2/c1-21-12-3-2-11(10-13(12)23(16,19)20)4-5-17-14(15)18-6-8-22-9-7-18/h2-3,10H,4-9H2,1H3,(H2,15,17)(H2,16,19,20). The van der Waals surface area contributed by atoms with Gasteiger partial charge in [-0.15, -0.1) is 0 Å². The third kappa shape index (κ3) is 5.02. The number of hydrogen-bond acceptors (Lipinski definition) is 5. The smallest absolute Gasteiger partial charge is 0.241 e. The van der Waals surface area contributed by atoms with E-state index in [-0.39, 0.29) is 10.6 Å². The van der Waals surface area contributed by atoms with Crippen molar-refractivity contribution in [2.75, 3.05) is 38.2 Å². The van der Waals surface area contributed by atoms with E-state index in [2.05, 4.69) is 9.89 Å². The Morgan fingerprint density at radius 1 is 1.39 bits per heavy atom. The number of ether oxygens (including phenoxy) is 1. The van der Waals surface area contributed by atoms with E-state index >= 15 is 0 Å². The fourth-order valence-electron chi connectivity index (χ4n) is 2.29. The summed E-state index contributed by atoms with van der Waals surface area (Å²) in [6, 6.07) is 4.93. The number of nitrogens with zero attached hydrogens (tertiary/aromatic N) is 2. The first-order valence-electron chi connectivity index (χ1n) is 7.24. The lowest BCUT2D eigenvalue weighted by molar-refractivity contribution is 0.402. The van der Waals surface area contributed by atoms with Gasteiger partial charge in [0.1, 0.15) is 10.6 Å². The monoisotopic (exact) mass is 358 g/mol. The highest BCUT2D eigenvalue weighted by molar-refractivity contribution is 7.99. The van der Waals surface area contributed by atoms with Crippen LogP contribution in [-0.4, -0.2) is 57.5 Å². The van der Waals surface area contributed by atoms with E-state index in [9.17, 15) is 8.42 Å². The molecular weight excluding hydrogens is 336 g/mol. The molecule has 0 aromatic heterocycles. The van der Waals surface area contributed by atoms with Crippen LogP contribution < -0.4 is 15.6 Å². The molecule has 2 rings (SSSR count). The Morgan fingerprint density at radius 3 is 2.70 bits per heavy atom. The number of sulfonamides is 1. The summed E-state index contributed by atoms with van der Waals surface area (Å²) in [5.74, 6) is 2.91. The van der Waals surface area contributed by atoms with Crippen LogP contribution in [0.2, 0.25) is 0 Å². The van der Waals surface area contributed by atoms with Gasteiger partial charge in [0.2, 0.25) is 10.0 Å². The molecule has 7 nitrogen and oxygen atoms in total. The van der Waals surface area contributed by atoms with Crippen LogP contribution in [-0.2, 0) is 16.4 Å². The minimum Gasteiger partial charge on any atom is -0.495 e. The van der Waals surface area contributed by atoms with Gasteiger partial charge >= 0.3 is 0 Å². The Bertz CT molecular complexity index is 671. The Labute approximate surface area is 141 Å². The number of primary sulfonamides is 1. The van der Waals surface area contributed by atoms with Gasteiger partial charge in [-0.3, -0.25) is 4.99 Å². The zero-order chi connectivity index (χ0) is 16.9. The molecule has 1 fully saturated rings. The summed E-state index contributed by atoms with van der Waals surface area (Å²) in [5, 5.41) is 5.21. The summed E-state index contributed by atoms with van der Waals surface area (Å²) in [4.78, 5) is 6.43. The van der Waals surface area contributed by atoms with Crippen molar-refractivity contribution >= 4 is 27.7 Å². The number of benzene rings is 1. The van der Waals surface area contributed by atoms with Crippen molar-refractivity contribution < 1.29 is 13.2 Å². The zero-order valence-corrected chi connectivity index (χ0v) is 14.7. The minimum atomic E-state index is -3.82. The van der Waals surface area contributed by atoms with E-state index in [0.717, 1.165) is 30.2 Å². The molecule has 128 valence electrons. The van der Waals surface area contributed by atoms with E-state index in [4.69, 9.17) is 15.6 Å².